The monoisotopic (exact) mass is 340 g/mol. The van der Waals surface area contributed by atoms with Crippen LogP contribution in [-0.2, 0) is 16.6 Å². The number of rotatable bonds is 4. The van der Waals surface area contributed by atoms with Crippen molar-refractivity contribution in [1.82, 2.24) is 4.57 Å². The quantitative estimate of drug-likeness (QED) is 0.866. The number of esters is 1. The minimum atomic E-state index is -0.975. The zero-order valence-electron chi connectivity index (χ0n) is 12.0. The number of carbonyl (C=O) groups excluding carboxylic acids is 2. The van der Waals surface area contributed by atoms with Gasteiger partial charge in [0.05, 0.1) is 15.7 Å². The van der Waals surface area contributed by atoms with Crippen molar-refractivity contribution in [3.05, 3.63) is 52.3 Å². The van der Waals surface area contributed by atoms with Crippen molar-refractivity contribution < 1.29 is 14.3 Å². The van der Waals surface area contributed by atoms with E-state index >= 15 is 0 Å². The van der Waals surface area contributed by atoms with Crippen molar-refractivity contribution in [3.8, 4) is 0 Å². The number of carbonyl (C=O) groups is 2. The second-order valence-corrected chi connectivity index (χ2v) is 5.43. The predicted octanol–water partition coefficient (Wildman–Crippen LogP) is 3.52. The highest BCUT2D eigenvalue weighted by Gasteiger charge is 2.21. The van der Waals surface area contributed by atoms with E-state index < -0.39 is 18.0 Å². The molecule has 1 heterocycles. The molecule has 1 amide bonds. The molecule has 116 valence electrons. The van der Waals surface area contributed by atoms with Crippen molar-refractivity contribution in [3.63, 3.8) is 0 Å². The lowest BCUT2D eigenvalue weighted by Crippen LogP contribution is -2.30. The summed E-state index contributed by atoms with van der Waals surface area (Å²) in [4.78, 5) is 24.0. The number of nitrogens with zero attached hydrogens (tertiary/aromatic N) is 1. The topological polar surface area (TPSA) is 60.3 Å². The number of hydrogen-bond acceptors (Lipinski definition) is 3. The van der Waals surface area contributed by atoms with Crippen LogP contribution in [0.25, 0.3) is 0 Å². The molecule has 5 nitrogen and oxygen atoms in total. The average Bonchev–Trinajstić information content (AvgIpc) is 2.90. The van der Waals surface area contributed by atoms with Gasteiger partial charge < -0.3 is 14.6 Å². The van der Waals surface area contributed by atoms with E-state index in [0.717, 1.165) is 0 Å². The summed E-state index contributed by atoms with van der Waals surface area (Å²) < 4.78 is 6.74. The van der Waals surface area contributed by atoms with Gasteiger partial charge in [-0.3, -0.25) is 4.79 Å². The minimum Gasteiger partial charge on any atom is -0.448 e. The number of anilines is 1. The standard InChI is InChI=1S/C15H14Cl2N2O3/c1-9(22-15(21)12-7-4-8-19(12)2)14(20)18-11-6-3-5-10(16)13(11)17/h3-9H,1-2H3,(H,18,20). The summed E-state index contributed by atoms with van der Waals surface area (Å²) in [5.74, 6) is -1.07. The second-order valence-electron chi connectivity index (χ2n) is 4.64. The molecule has 1 unspecified atom stereocenters. The van der Waals surface area contributed by atoms with Gasteiger partial charge in [0.25, 0.3) is 5.91 Å². The fourth-order valence-electron chi connectivity index (χ4n) is 1.78. The third-order valence-electron chi connectivity index (χ3n) is 3.02. The third kappa shape index (κ3) is 3.61. The summed E-state index contributed by atoms with van der Waals surface area (Å²) >= 11 is 11.9. The smallest absolute Gasteiger partial charge is 0.355 e. The van der Waals surface area contributed by atoms with Crippen LogP contribution < -0.4 is 5.32 Å². The Hall–Kier alpha value is -1.98. The van der Waals surface area contributed by atoms with E-state index in [9.17, 15) is 9.59 Å². The fourth-order valence-corrected chi connectivity index (χ4v) is 2.13. The molecule has 1 atom stereocenters. The molecule has 7 heteroatoms. The molecular weight excluding hydrogens is 327 g/mol. The van der Waals surface area contributed by atoms with Crippen molar-refractivity contribution in [2.45, 2.75) is 13.0 Å². The van der Waals surface area contributed by atoms with Gasteiger partial charge >= 0.3 is 5.97 Å². The molecule has 2 aromatic rings. The van der Waals surface area contributed by atoms with Gasteiger partial charge in [-0.1, -0.05) is 29.3 Å². The van der Waals surface area contributed by atoms with Gasteiger partial charge in [0, 0.05) is 13.2 Å². The number of amides is 1. The molecule has 0 saturated heterocycles. The minimum absolute atomic E-state index is 0.235. The van der Waals surface area contributed by atoms with E-state index in [2.05, 4.69) is 5.32 Å². The summed E-state index contributed by atoms with van der Waals surface area (Å²) in [6, 6.07) is 8.20. The maximum atomic E-state index is 12.1. The Balaban J connectivity index is 2.02. The highest BCUT2D eigenvalue weighted by atomic mass is 35.5. The summed E-state index contributed by atoms with van der Waals surface area (Å²) in [6.45, 7) is 1.48. The van der Waals surface area contributed by atoms with Gasteiger partial charge in [-0.25, -0.2) is 4.79 Å². The van der Waals surface area contributed by atoms with Crippen LogP contribution in [0.4, 0.5) is 5.69 Å². The first-order chi connectivity index (χ1) is 10.4. The van der Waals surface area contributed by atoms with Crippen LogP contribution in [0.2, 0.25) is 10.0 Å². The second kappa shape index (κ2) is 6.85. The van der Waals surface area contributed by atoms with E-state index in [1.807, 2.05) is 0 Å². The number of aromatic nitrogens is 1. The number of benzene rings is 1. The highest BCUT2D eigenvalue weighted by Crippen LogP contribution is 2.29. The first-order valence-electron chi connectivity index (χ1n) is 6.47. The Labute approximate surface area is 137 Å². The molecule has 1 aromatic carbocycles. The van der Waals surface area contributed by atoms with Crippen LogP contribution in [-0.4, -0.2) is 22.5 Å². The molecule has 0 bridgehead atoms. The SMILES string of the molecule is CC(OC(=O)c1cccn1C)C(=O)Nc1cccc(Cl)c1Cl. The fraction of sp³-hybridized carbons (Fsp3) is 0.200. The normalized spacial score (nSPS) is 11.8. The van der Waals surface area contributed by atoms with Crippen molar-refractivity contribution in [2.75, 3.05) is 5.32 Å². The van der Waals surface area contributed by atoms with Crippen LogP contribution >= 0.6 is 23.2 Å². The third-order valence-corrected chi connectivity index (χ3v) is 3.83. The molecule has 0 fully saturated rings. The predicted molar refractivity (Wildman–Crippen MR) is 85.4 cm³/mol. The Morgan fingerprint density at radius 1 is 1.23 bits per heavy atom. The van der Waals surface area contributed by atoms with Gasteiger partial charge in [-0.05, 0) is 31.2 Å². The zero-order chi connectivity index (χ0) is 16.3. The Bertz CT molecular complexity index is 713. The average molecular weight is 341 g/mol. The molecule has 1 N–H and O–H groups in total. The molecule has 0 saturated carbocycles. The summed E-state index contributed by atoms with van der Waals surface area (Å²) in [7, 11) is 1.72. The van der Waals surface area contributed by atoms with Crippen molar-refractivity contribution in [1.29, 1.82) is 0 Å². The maximum Gasteiger partial charge on any atom is 0.355 e. The van der Waals surface area contributed by atoms with Crippen LogP contribution in [0.15, 0.2) is 36.5 Å². The van der Waals surface area contributed by atoms with Crippen LogP contribution in [0.3, 0.4) is 0 Å². The van der Waals surface area contributed by atoms with Crippen LogP contribution in [0.1, 0.15) is 17.4 Å². The lowest BCUT2D eigenvalue weighted by Gasteiger charge is -2.14. The van der Waals surface area contributed by atoms with Crippen LogP contribution in [0.5, 0.6) is 0 Å². The molecule has 0 spiro atoms. The van der Waals surface area contributed by atoms with E-state index in [0.29, 0.717) is 16.4 Å². The maximum absolute atomic E-state index is 12.1. The van der Waals surface area contributed by atoms with Gasteiger partial charge in [0.15, 0.2) is 6.10 Å². The largest absolute Gasteiger partial charge is 0.448 e. The van der Waals surface area contributed by atoms with Gasteiger partial charge in [-0.2, -0.15) is 0 Å². The molecular formula is C15H14Cl2N2O3. The Morgan fingerprint density at radius 3 is 2.59 bits per heavy atom. The van der Waals surface area contributed by atoms with E-state index in [4.69, 9.17) is 27.9 Å². The lowest BCUT2D eigenvalue weighted by molar-refractivity contribution is -0.123. The molecule has 0 radical (unpaired) electrons. The summed E-state index contributed by atoms with van der Waals surface area (Å²) in [5, 5.41) is 3.14. The van der Waals surface area contributed by atoms with E-state index in [-0.39, 0.29) is 5.02 Å². The Morgan fingerprint density at radius 2 is 1.95 bits per heavy atom. The van der Waals surface area contributed by atoms with E-state index in [1.54, 1.807) is 48.1 Å². The van der Waals surface area contributed by atoms with Crippen molar-refractivity contribution in [2.24, 2.45) is 7.05 Å². The number of aryl methyl sites for hydroxylation is 1. The van der Waals surface area contributed by atoms with Gasteiger partial charge in [0.2, 0.25) is 0 Å². The molecule has 1 aromatic heterocycles. The zero-order valence-corrected chi connectivity index (χ0v) is 13.5. The molecule has 0 aliphatic carbocycles. The highest BCUT2D eigenvalue weighted by molar-refractivity contribution is 6.44. The number of halogens is 2. The summed E-state index contributed by atoms with van der Waals surface area (Å²) in [5.41, 5.74) is 0.723. The van der Waals surface area contributed by atoms with Crippen LogP contribution in [0, 0.1) is 0 Å². The van der Waals surface area contributed by atoms with Gasteiger partial charge in [-0.15, -0.1) is 0 Å². The number of ether oxygens (including phenoxy) is 1. The summed E-state index contributed by atoms with van der Waals surface area (Å²) in [6.07, 6.45) is 0.741. The molecule has 2 rings (SSSR count). The number of hydrogen-bond donors (Lipinski definition) is 1. The molecule has 0 aliphatic rings. The Kier molecular flexibility index (Phi) is 5.11. The van der Waals surface area contributed by atoms with E-state index in [1.165, 1.54) is 6.92 Å². The first kappa shape index (κ1) is 16.4. The van der Waals surface area contributed by atoms with Crippen molar-refractivity contribution >= 4 is 40.8 Å². The molecule has 22 heavy (non-hydrogen) atoms. The lowest BCUT2D eigenvalue weighted by atomic mass is 10.3. The van der Waals surface area contributed by atoms with Gasteiger partial charge in [0.1, 0.15) is 5.69 Å². The number of nitrogens with one attached hydrogen (secondary N) is 1. The first-order valence-corrected chi connectivity index (χ1v) is 7.23. The molecule has 0 aliphatic heterocycles.